The second-order valence-electron chi connectivity index (χ2n) is 9.57. The minimum atomic E-state index is -1.29. The van der Waals surface area contributed by atoms with Gasteiger partial charge in [0.1, 0.15) is 5.75 Å². The molecule has 0 saturated carbocycles. The molecular weight excluding hydrogens is 386 g/mol. The molecule has 28 heavy (non-hydrogen) atoms. The van der Waals surface area contributed by atoms with E-state index in [9.17, 15) is 4.79 Å². The summed E-state index contributed by atoms with van der Waals surface area (Å²) in [5, 5.41) is 4.08. The van der Waals surface area contributed by atoms with Gasteiger partial charge in [0, 0.05) is 35.4 Å². The Labute approximate surface area is 172 Å². The van der Waals surface area contributed by atoms with Crippen LogP contribution in [0.3, 0.4) is 0 Å². The Bertz CT molecular complexity index is 595. The smallest absolute Gasteiger partial charge is 0.311 e. The summed E-state index contributed by atoms with van der Waals surface area (Å²) in [7, 11) is -2.37. The molecule has 0 spiro atoms. The van der Waals surface area contributed by atoms with Crippen LogP contribution >= 0.6 is 0 Å². The lowest BCUT2D eigenvalue weighted by Crippen LogP contribution is -2.25. The SMILES string of the molecule is C[Si](C)(C)CCOCO/N=C/C(CCC(=O)Oc1ccccc1)C[Si](C)(C)C. The molecule has 1 unspecified atom stereocenters. The maximum absolute atomic E-state index is 12.1. The number of rotatable bonds is 13. The van der Waals surface area contributed by atoms with Crippen molar-refractivity contribution in [3.63, 3.8) is 0 Å². The fraction of sp³-hybridized carbons (Fsp3) is 0.619. The first kappa shape index (κ1) is 24.6. The van der Waals surface area contributed by atoms with E-state index in [0.29, 0.717) is 18.6 Å². The minimum Gasteiger partial charge on any atom is -0.427 e. The summed E-state index contributed by atoms with van der Waals surface area (Å²) in [4.78, 5) is 17.4. The number of oxime groups is 1. The predicted molar refractivity (Wildman–Crippen MR) is 122 cm³/mol. The molecule has 0 heterocycles. The van der Waals surface area contributed by atoms with Gasteiger partial charge in [0.2, 0.25) is 6.79 Å². The minimum absolute atomic E-state index is 0.177. The zero-order valence-corrected chi connectivity index (χ0v) is 20.4. The van der Waals surface area contributed by atoms with E-state index in [4.69, 9.17) is 14.3 Å². The molecule has 5 nitrogen and oxygen atoms in total. The molecule has 1 rings (SSSR count). The average molecular weight is 424 g/mol. The number of hydrogen-bond donors (Lipinski definition) is 0. The van der Waals surface area contributed by atoms with Gasteiger partial charge in [0.05, 0.1) is 0 Å². The number of esters is 1. The molecule has 0 N–H and O–H groups in total. The van der Waals surface area contributed by atoms with Crippen LogP contribution in [-0.2, 0) is 14.4 Å². The predicted octanol–water partition coefficient (Wildman–Crippen LogP) is 5.64. The van der Waals surface area contributed by atoms with Gasteiger partial charge in [-0.2, -0.15) is 0 Å². The molecule has 1 aromatic carbocycles. The van der Waals surface area contributed by atoms with Crippen LogP contribution in [0.25, 0.3) is 0 Å². The summed E-state index contributed by atoms with van der Waals surface area (Å²) in [6.45, 7) is 14.8. The molecule has 0 aromatic heterocycles. The number of carbonyl (C=O) groups excluding carboxylic acids is 1. The van der Waals surface area contributed by atoms with Gasteiger partial charge in [-0.15, -0.1) is 0 Å². The molecular formula is C21H37NO4Si2. The first-order valence-corrected chi connectivity index (χ1v) is 17.5. The largest absolute Gasteiger partial charge is 0.427 e. The Hall–Kier alpha value is -1.45. The van der Waals surface area contributed by atoms with Gasteiger partial charge in [-0.3, -0.25) is 4.79 Å². The van der Waals surface area contributed by atoms with Crippen molar-refractivity contribution in [3.8, 4) is 5.75 Å². The molecule has 0 radical (unpaired) electrons. The third-order valence-corrected chi connectivity index (χ3v) is 7.50. The van der Waals surface area contributed by atoms with Crippen LogP contribution in [0.15, 0.2) is 35.5 Å². The van der Waals surface area contributed by atoms with Gasteiger partial charge < -0.3 is 14.3 Å². The summed E-state index contributed by atoms with van der Waals surface area (Å²) in [6, 6.07) is 11.3. The van der Waals surface area contributed by atoms with E-state index in [1.807, 2.05) is 24.4 Å². The third kappa shape index (κ3) is 13.7. The number of hydrogen-bond acceptors (Lipinski definition) is 5. The maximum atomic E-state index is 12.1. The second kappa shape index (κ2) is 12.2. The number of ether oxygens (including phenoxy) is 2. The van der Waals surface area contributed by atoms with Crippen molar-refractivity contribution in [3.05, 3.63) is 30.3 Å². The van der Waals surface area contributed by atoms with E-state index >= 15 is 0 Å². The first-order valence-electron chi connectivity index (χ1n) is 10.0. The van der Waals surface area contributed by atoms with Gasteiger partial charge in [-0.05, 0) is 36.6 Å². The van der Waals surface area contributed by atoms with Gasteiger partial charge in [-0.1, -0.05) is 62.6 Å². The van der Waals surface area contributed by atoms with Crippen LogP contribution in [0.1, 0.15) is 12.8 Å². The molecule has 0 fully saturated rings. The van der Waals surface area contributed by atoms with Gasteiger partial charge in [0.25, 0.3) is 0 Å². The van der Waals surface area contributed by atoms with E-state index in [0.717, 1.165) is 18.7 Å². The lowest BCUT2D eigenvalue weighted by molar-refractivity contribution is -0.134. The zero-order valence-electron chi connectivity index (χ0n) is 18.4. The summed E-state index contributed by atoms with van der Waals surface area (Å²) in [5.74, 6) is 0.578. The maximum Gasteiger partial charge on any atom is 0.311 e. The van der Waals surface area contributed by atoms with Crippen LogP contribution < -0.4 is 4.74 Å². The monoisotopic (exact) mass is 423 g/mol. The summed E-state index contributed by atoms with van der Waals surface area (Å²) in [6.07, 6.45) is 2.90. The Morgan fingerprint density at radius 2 is 1.75 bits per heavy atom. The van der Waals surface area contributed by atoms with Gasteiger partial charge in [-0.25, -0.2) is 0 Å². The Morgan fingerprint density at radius 3 is 2.36 bits per heavy atom. The van der Waals surface area contributed by atoms with E-state index in [-0.39, 0.29) is 18.7 Å². The van der Waals surface area contributed by atoms with Crippen molar-refractivity contribution in [2.24, 2.45) is 11.1 Å². The lowest BCUT2D eigenvalue weighted by Gasteiger charge is -2.21. The van der Waals surface area contributed by atoms with E-state index in [1.165, 1.54) is 0 Å². The highest BCUT2D eigenvalue weighted by molar-refractivity contribution is 6.76. The van der Waals surface area contributed by atoms with Crippen molar-refractivity contribution in [2.75, 3.05) is 13.4 Å². The topological polar surface area (TPSA) is 57.1 Å². The summed E-state index contributed by atoms with van der Waals surface area (Å²) >= 11 is 0. The van der Waals surface area contributed by atoms with Gasteiger partial charge in [0.15, 0.2) is 0 Å². The van der Waals surface area contributed by atoms with Crippen molar-refractivity contribution in [1.82, 2.24) is 0 Å². The Morgan fingerprint density at radius 1 is 1.07 bits per heavy atom. The zero-order chi connectivity index (χ0) is 21.0. The van der Waals surface area contributed by atoms with Crippen molar-refractivity contribution in [2.45, 2.75) is 64.2 Å². The molecule has 0 aliphatic rings. The molecule has 158 valence electrons. The van der Waals surface area contributed by atoms with Crippen LogP contribution in [0.4, 0.5) is 0 Å². The normalized spacial score (nSPS) is 13.5. The standard InChI is InChI=1S/C21H37NO4Si2/c1-27(2,3)15-14-24-18-25-22-16-19(17-28(4,5)6)12-13-21(23)26-20-10-8-7-9-11-20/h7-11,16,19H,12-15,17-18H2,1-6H3/b22-16+. The number of nitrogens with zero attached hydrogens (tertiary/aromatic N) is 1. The second-order valence-corrected chi connectivity index (χ2v) is 20.7. The number of benzene rings is 1. The highest BCUT2D eigenvalue weighted by Crippen LogP contribution is 2.21. The molecule has 1 aromatic rings. The fourth-order valence-corrected chi connectivity index (χ4v) is 5.26. The average Bonchev–Trinajstić information content (AvgIpc) is 2.57. The molecule has 0 bridgehead atoms. The highest BCUT2D eigenvalue weighted by atomic mass is 28.3. The van der Waals surface area contributed by atoms with Crippen molar-refractivity contribution < 1.29 is 19.1 Å². The molecule has 0 amide bonds. The summed E-state index contributed by atoms with van der Waals surface area (Å²) < 4.78 is 10.9. The van der Waals surface area contributed by atoms with Crippen LogP contribution in [0, 0.1) is 5.92 Å². The van der Waals surface area contributed by atoms with E-state index < -0.39 is 16.1 Å². The quantitative estimate of drug-likeness (QED) is 0.0783. The molecule has 7 heteroatoms. The van der Waals surface area contributed by atoms with Gasteiger partial charge >= 0.3 is 5.97 Å². The molecule has 0 aliphatic heterocycles. The van der Waals surface area contributed by atoms with Crippen LogP contribution in [0.5, 0.6) is 5.75 Å². The Kier molecular flexibility index (Phi) is 10.7. The highest BCUT2D eigenvalue weighted by Gasteiger charge is 2.21. The molecule has 1 atom stereocenters. The number of carbonyl (C=O) groups is 1. The third-order valence-electron chi connectivity index (χ3n) is 4.05. The van der Waals surface area contributed by atoms with Crippen molar-refractivity contribution >= 4 is 28.3 Å². The fourth-order valence-electron chi connectivity index (χ4n) is 2.62. The van der Waals surface area contributed by atoms with Crippen molar-refractivity contribution in [1.29, 1.82) is 0 Å². The molecule has 0 saturated heterocycles. The summed E-state index contributed by atoms with van der Waals surface area (Å²) in [5.41, 5.74) is 0. The van der Waals surface area contributed by atoms with Crippen LogP contribution in [0.2, 0.25) is 51.4 Å². The van der Waals surface area contributed by atoms with E-state index in [1.54, 1.807) is 12.1 Å². The Balaban J connectivity index is 2.39. The lowest BCUT2D eigenvalue weighted by atomic mass is 10.1. The van der Waals surface area contributed by atoms with Crippen LogP contribution in [-0.4, -0.2) is 41.7 Å². The number of para-hydroxylation sites is 1. The molecule has 0 aliphatic carbocycles. The first-order chi connectivity index (χ1) is 13.1. The van der Waals surface area contributed by atoms with E-state index in [2.05, 4.69) is 44.4 Å².